The van der Waals surface area contributed by atoms with Gasteiger partial charge in [-0.1, -0.05) is 36.7 Å². The Kier molecular flexibility index (Phi) is 8.55. The third-order valence-corrected chi connectivity index (χ3v) is 8.48. The molecule has 1 aromatic heterocycles. The predicted octanol–water partition coefficient (Wildman–Crippen LogP) is 6.74. The van der Waals surface area contributed by atoms with Crippen molar-refractivity contribution in [1.82, 2.24) is 9.88 Å². The molecule has 0 bridgehead atoms. The van der Waals surface area contributed by atoms with E-state index in [2.05, 4.69) is 5.32 Å². The summed E-state index contributed by atoms with van der Waals surface area (Å²) in [5.74, 6) is -1.69. The molecule has 4 aromatic rings. The first kappa shape index (κ1) is 29.5. The zero-order chi connectivity index (χ0) is 29.2. The first-order valence-electron chi connectivity index (χ1n) is 12.2. The van der Waals surface area contributed by atoms with Crippen LogP contribution in [0.15, 0.2) is 65.6 Å². The third kappa shape index (κ3) is 6.31. The molecule has 1 amide bonds. The average molecular weight is 599 g/mol. The van der Waals surface area contributed by atoms with Gasteiger partial charge in [0.2, 0.25) is 0 Å². The number of rotatable bonds is 9. The SMILES string of the molecule is CCS(=O)(=O)c1ccc(CNC(=O)c2cc3cc(Cc4ccc(Cl)cc4C(F)(F)F)n(CCF)c3cc2F)cc1. The molecule has 0 spiro atoms. The van der Waals surface area contributed by atoms with E-state index in [4.69, 9.17) is 11.6 Å². The van der Waals surface area contributed by atoms with E-state index in [0.717, 1.165) is 12.1 Å². The molecule has 0 unspecified atom stereocenters. The van der Waals surface area contributed by atoms with Crippen LogP contribution in [-0.2, 0) is 35.5 Å². The molecule has 0 aliphatic heterocycles. The standard InChI is InChI=1S/C28H24ClF5N2O3S/c1-2-40(38,39)22-7-3-17(4-8-22)16-35-27(37)23-13-19-12-21(36(10-9-30)26(19)15-25(23)31)11-18-5-6-20(29)14-24(18)28(32,33)34/h3-8,12-15H,2,9-11,16H2,1H3,(H,35,37). The number of hydrogen-bond acceptors (Lipinski definition) is 3. The Morgan fingerprint density at radius 2 is 1.73 bits per heavy atom. The van der Waals surface area contributed by atoms with Crippen LogP contribution in [0.4, 0.5) is 22.0 Å². The Hall–Kier alpha value is -3.44. The smallest absolute Gasteiger partial charge is 0.348 e. The molecule has 5 nitrogen and oxygen atoms in total. The minimum atomic E-state index is -4.67. The average Bonchev–Trinajstić information content (AvgIpc) is 3.23. The van der Waals surface area contributed by atoms with Crippen molar-refractivity contribution in [2.24, 2.45) is 0 Å². The highest BCUT2D eigenvalue weighted by Crippen LogP contribution is 2.35. The number of amides is 1. The Morgan fingerprint density at radius 3 is 2.35 bits per heavy atom. The van der Waals surface area contributed by atoms with Crippen LogP contribution < -0.4 is 5.32 Å². The molecule has 1 heterocycles. The van der Waals surface area contributed by atoms with Crippen molar-refractivity contribution in [3.8, 4) is 0 Å². The van der Waals surface area contributed by atoms with Gasteiger partial charge in [-0.05, 0) is 53.6 Å². The van der Waals surface area contributed by atoms with Gasteiger partial charge in [-0.2, -0.15) is 13.2 Å². The summed E-state index contributed by atoms with van der Waals surface area (Å²) in [5.41, 5.74) is -0.190. The first-order chi connectivity index (χ1) is 18.8. The molecule has 1 N–H and O–H groups in total. The quantitative estimate of drug-likeness (QED) is 0.217. The van der Waals surface area contributed by atoms with Crippen molar-refractivity contribution >= 4 is 38.2 Å². The number of nitrogens with one attached hydrogen (secondary N) is 1. The molecule has 0 saturated heterocycles. The van der Waals surface area contributed by atoms with E-state index >= 15 is 4.39 Å². The maximum atomic E-state index is 15.0. The number of aryl methyl sites for hydroxylation is 1. The molecule has 12 heteroatoms. The van der Waals surface area contributed by atoms with E-state index < -0.39 is 40.0 Å². The number of aromatic nitrogens is 1. The molecule has 0 aliphatic carbocycles. The predicted molar refractivity (Wildman–Crippen MR) is 142 cm³/mol. The van der Waals surface area contributed by atoms with Crippen molar-refractivity contribution in [3.63, 3.8) is 0 Å². The summed E-state index contributed by atoms with van der Waals surface area (Å²) in [6, 6.07) is 13.1. The van der Waals surface area contributed by atoms with Crippen molar-refractivity contribution < 1.29 is 35.2 Å². The number of nitrogens with zero attached hydrogens (tertiary/aromatic N) is 1. The minimum Gasteiger partial charge on any atom is -0.348 e. The van der Waals surface area contributed by atoms with E-state index in [0.29, 0.717) is 16.6 Å². The van der Waals surface area contributed by atoms with E-state index in [1.54, 1.807) is 0 Å². The fourth-order valence-corrected chi connectivity index (χ4v) is 5.49. The lowest BCUT2D eigenvalue weighted by Gasteiger charge is -2.15. The van der Waals surface area contributed by atoms with Crippen molar-refractivity contribution in [2.45, 2.75) is 37.5 Å². The molecule has 0 radical (unpaired) electrons. The summed E-state index contributed by atoms with van der Waals surface area (Å²) >= 11 is 5.77. The summed E-state index contributed by atoms with van der Waals surface area (Å²) < 4.78 is 94.6. The molecule has 40 heavy (non-hydrogen) atoms. The van der Waals surface area contributed by atoms with Gasteiger partial charge in [0.05, 0.1) is 33.8 Å². The van der Waals surface area contributed by atoms with Gasteiger partial charge in [-0.25, -0.2) is 17.2 Å². The van der Waals surface area contributed by atoms with E-state index in [-0.39, 0.29) is 51.8 Å². The molecule has 4 rings (SSSR count). The summed E-state index contributed by atoms with van der Waals surface area (Å²) in [5, 5.41) is 2.85. The Labute approximate surface area is 232 Å². The van der Waals surface area contributed by atoms with Crippen LogP contribution in [0.3, 0.4) is 0 Å². The van der Waals surface area contributed by atoms with E-state index in [1.165, 1.54) is 60.0 Å². The van der Waals surface area contributed by atoms with Crippen LogP contribution in [0.1, 0.15) is 39.7 Å². The minimum absolute atomic E-state index is 0.00629. The highest BCUT2D eigenvalue weighted by atomic mass is 35.5. The number of carbonyl (C=O) groups is 1. The molecule has 0 saturated carbocycles. The summed E-state index contributed by atoms with van der Waals surface area (Å²) in [7, 11) is -3.38. The number of halogens is 6. The zero-order valence-electron chi connectivity index (χ0n) is 21.2. The molecule has 212 valence electrons. The second-order valence-corrected chi connectivity index (χ2v) is 11.8. The van der Waals surface area contributed by atoms with Gasteiger partial charge in [-0.15, -0.1) is 0 Å². The summed E-state index contributed by atoms with van der Waals surface area (Å²) in [4.78, 5) is 12.9. The van der Waals surface area contributed by atoms with Crippen LogP contribution in [-0.4, -0.2) is 31.3 Å². The molecule has 3 aromatic carbocycles. The molecular formula is C28H24ClF5N2O3S. The molecule has 0 aliphatic rings. The number of benzene rings is 3. The number of fused-ring (bicyclic) bond motifs is 1. The van der Waals surface area contributed by atoms with Gasteiger partial charge >= 0.3 is 6.18 Å². The molecule has 0 fully saturated rings. The van der Waals surface area contributed by atoms with E-state index in [1.807, 2.05) is 0 Å². The lowest BCUT2D eigenvalue weighted by atomic mass is 10.0. The van der Waals surface area contributed by atoms with Crippen LogP contribution in [0.2, 0.25) is 5.02 Å². The van der Waals surface area contributed by atoms with E-state index in [9.17, 15) is 30.8 Å². The van der Waals surface area contributed by atoms with Crippen molar-refractivity contribution in [2.75, 3.05) is 12.4 Å². The van der Waals surface area contributed by atoms with Gasteiger partial charge in [0.15, 0.2) is 9.84 Å². The summed E-state index contributed by atoms with van der Waals surface area (Å²) in [6.07, 6.45) is -4.90. The fourth-order valence-electron chi connectivity index (χ4n) is 4.43. The molecular weight excluding hydrogens is 575 g/mol. The maximum Gasteiger partial charge on any atom is 0.416 e. The first-order valence-corrected chi connectivity index (χ1v) is 14.2. The van der Waals surface area contributed by atoms with Crippen molar-refractivity contribution in [1.29, 1.82) is 0 Å². The monoisotopic (exact) mass is 598 g/mol. The molecule has 0 atom stereocenters. The number of carbonyl (C=O) groups excluding carboxylic acids is 1. The third-order valence-electron chi connectivity index (χ3n) is 6.49. The number of sulfone groups is 1. The number of alkyl halides is 4. The van der Waals surface area contributed by atoms with Crippen LogP contribution in [0.25, 0.3) is 10.9 Å². The highest BCUT2D eigenvalue weighted by Gasteiger charge is 2.33. The highest BCUT2D eigenvalue weighted by molar-refractivity contribution is 7.91. The van der Waals surface area contributed by atoms with Gasteiger partial charge in [-0.3, -0.25) is 4.79 Å². The summed E-state index contributed by atoms with van der Waals surface area (Å²) in [6.45, 7) is 0.461. The van der Waals surface area contributed by atoms with Crippen molar-refractivity contribution in [3.05, 3.63) is 99.5 Å². The maximum absolute atomic E-state index is 15.0. The topological polar surface area (TPSA) is 68.2 Å². The van der Waals surface area contributed by atoms with Crippen LogP contribution >= 0.6 is 11.6 Å². The van der Waals surface area contributed by atoms with Gasteiger partial charge in [0, 0.05) is 29.1 Å². The second-order valence-electron chi connectivity index (χ2n) is 9.07. The van der Waals surface area contributed by atoms with Gasteiger partial charge in [0.25, 0.3) is 5.91 Å². The Balaban J connectivity index is 1.62. The zero-order valence-corrected chi connectivity index (χ0v) is 22.7. The number of hydrogen-bond donors (Lipinski definition) is 1. The Bertz CT molecular complexity index is 1670. The fraction of sp³-hybridized carbons (Fsp3) is 0.250. The second kappa shape index (κ2) is 11.6. The van der Waals surface area contributed by atoms with Crippen LogP contribution in [0.5, 0.6) is 0 Å². The van der Waals surface area contributed by atoms with Crippen LogP contribution in [0, 0.1) is 5.82 Å². The largest absolute Gasteiger partial charge is 0.416 e. The lowest BCUT2D eigenvalue weighted by molar-refractivity contribution is -0.138. The van der Waals surface area contributed by atoms with Gasteiger partial charge in [0.1, 0.15) is 12.5 Å². The lowest BCUT2D eigenvalue weighted by Crippen LogP contribution is -2.24. The normalized spacial score (nSPS) is 12.2. The van der Waals surface area contributed by atoms with Gasteiger partial charge < -0.3 is 9.88 Å². The Morgan fingerprint density at radius 1 is 1.02 bits per heavy atom.